The quantitative estimate of drug-likeness (QED) is 0.615. The Morgan fingerprint density at radius 3 is 2.06 bits per heavy atom. The van der Waals surface area contributed by atoms with Crippen LogP contribution in [0.5, 0.6) is 0 Å². The molecule has 110 valence electrons. The van der Waals surface area contributed by atoms with Gasteiger partial charge in [0.15, 0.2) is 0 Å². The summed E-state index contributed by atoms with van der Waals surface area (Å²) >= 11 is 0. The minimum absolute atomic E-state index is 0. The molecule has 0 aliphatic carbocycles. The van der Waals surface area contributed by atoms with E-state index in [0.29, 0.717) is 19.4 Å². The lowest BCUT2D eigenvalue weighted by atomic mass is 9.92. The largest absolute Gasteiger partial charge is 0.348 e. The molecule has 0 rings (SSSR count). The van der Waals surface area contributed by atoms with Crippen molar-refractivity contribution >= 4 is 28.3 Å². The van der Waals surface area contributed by atoms with Gasteiger partial charge in [0.25, 0.3) is 0 Å². The van der Waals surface area contributed by atoms with Crippen LogP contribution in [0.1, 0.15) is 33.6 Å². The van der Waals surface area contributed by atoms with E-state index in [0.717, 1.165) is 6.26 Å². The van der Waals surface area contributed by atoms with Crippen LogP contribution >= 0.6 is 12.4 Å². The molecule has 0 aromatic carbocycles. The summed E-state index contributed by atoms with van der Waals surface area (Å²) < 4.78 is 24.2. The van der Waals surface area contributed by atoms with E-state index in [9.17, 15) is 13.2 Å². The van der Waals surface area contributed by atoms with E-state index in [-0.39, 0.29) is 18.3 Å². The molecule has 0 saturated heterocycles. The molecule has 0 aliphatic heterocycles. The van der Waals surface area contributed by atoms with Crippen LogP contribution in [0, 0.1) is 0 Å². The second kappa shape index (κ2) is 7.93. The fourth-order valence-corrected chi connectivity index (χ4v) is 2.26. The molecule has 18 heavy (non-hydrogen) atoms. The zero-order valence-electron chi connectivity index (χ0n) is 11.3. The topological polar surface area (TPSA) is 101 Å². The van der Waals surface area contributed by atoms with Gasteiger partial charge in [-0.05, 0) is 19.8 Å². The number of halogens is 1. The van der Waals surface area contributed by atoms with Gasteiger partial charge >= 0.3 is 0 Å². The first-order valence-electron chi connectivity index (χ1n) is 5.69. The van der Waals surface area contributed by atoms with E-state index in [1.807, 2.05) is 13.8 Å². The average Bonchev–Trinajstić information content (AvgIpc) is 2.23. The monoisotopic (exact) mass is 301 g/mol. The van der Waals surface area contributed by atoms with Crippen molar-refractivity contribution in [1.29, 1.82) is 0 Å². The molecule has 1 atom stereocenters. The highest BCUT2D eigenvalue weighted by Gasteiger charge is 2.29. The SMILES string of the molecule is CCC(CC)(CN)NC(=O)C(C)NS(C)(=O)=O.Cl. The zero-order valence-corrected chi connectivity index (χ0v) is 13.0. The minimum Gasteiger partial charge on any atom is -0.348 e. The van der Waals surface area contributed by atoms with Crippen molar-refractivity contribution in [2.24, 2.45) is 5.73 Å². The molecular formula is C10H24ClN3O3S. The summed E-state index contributed by atoms with van der Waals surface area (Å²) in [5, 5.41) is 2.81. The molecule has 1 unspecified atom stereocenters. The number of carbonyl (C=O) groups is 1. The maximum absolute atomic E-state index is 11.8. The fraction of sp³-hybridized carbons (Fsp3) is 0.900. The Morgan fingerprint density at radius 2 is 1.78 bits per heavy atom. The van der Waals surface area contributed by atoms with Crippen molar-refractivity contribution in [2.45, 2.75) is 45.2 Å². The van der Waals surface area contributed by atoms with Crippen LogP contribution in [-0.2, 0) is 14.8 Å². The Morgan fingerprint density at radius 1 is 1.33 bits per heavy atom. The fourth-order valence-electron chi connectivity index (χ4n) is 1.51. The number of amides is 1. The Balaban J connectivity index is 0. The van der Waals surface area contributed by atoms with E-state index >= 15 is 0 Å². The Bertz CT molecular complexity index is 347. The number of sulfonamides is 1. The van der Waals surface area contributed by atoms with Gasteiger partial charge in [-0.15, -0.1) is 12.4 Å². The van der Waals surface area contributed by atoms with Crippen LogP contribution in [0.2, 0.25) is 0 Å². The molecule has 0 heterocycles. The standard InChI is InChI=1S/C10H23N3O3S.ClH/c1-5-10(6-2,7-11)12-9(14)8(3)13-17(4,15)16;/h8,13H,5-7,11H2,1-4H3,(H,12,14);1H. The van der Waals surface area contributed by atoms with Gasteiger partial charge in [-0.2, -0.15) is 0 Å². The van der Waals surface area contributed by atoms with Crippen LogP contribution < -0.4 is 15.8 Å². The van der Waals surface area contributed by atoms with E-state index in [2.05, 4.69) is 10.0 Å². The number of nitrogens with one attached hydrogen (secondary N) is 2. The molecule has 1 amide bonds. The molecule has 6 nitrogen and oxygen atoms in total. The highest BCUT2D eigenvalue weighted by Crippen LogP contribution is 2.13. The smallest absolute Gasteiger partial charge is 0.238 e. The second-order valence-corrected chi connectivity index (χ2v) is 6.07. The molecular weight excluding hydrogens is 278 g/mol. The summed E-state index contributed by atoms with van der Waals surface area (Å²) in [7, 11) is -3.39. The Kier molecular flexibility index (Phi) is 8.80. The summed E-state index contributed by atoms with van der Waals surface area (Å²) in [5.74, 6) is -0.357. The van der Waals surface area contributed by atoms with E-state index in [1.165, 1.54) is 6.92 Å². The van der Waals surface area contributed by atoms with E-state index < -0.39 is 21.6 Å². The average molecular weight is 302 g/mol. The predicted octanol–water partition coefficient (Wildman–Crippen LogP) is -0.0204. The Hall–Kier alpha value is -0.370. The number of rotatable bonds is 7. The third-order valence-corrected chi connectivity index (χ3v) is 3.70. The van der Waals surface area contributed by atoms with Crippen LogP contribution in [-0.4, -0.2) is 38.7 Å². The number of hydrogen-bond donors (Lipinski definition) is 3. The van der Waals surface area contributed by atoms with Gasteiger partial charge in [0, 0.05) is 6.54 Å². The lowest BCUT2D eigenvalue weighted by Gasteiger charge is -2.32. The van der Waals surface area contributed by atoms with Crippen LogP contribution in [0.25, 0.3) is 0 Å². The van der Waals surface area contributed by atoms with Crippen molar-refractivity contribution in [3.63, 3.8) is 0 Å². The molecule has 0 aliphatic rings. The first-order chi connectivity index (χ1) is 7.69. The zero-order chi connectivity index (χ0) is 13.7. The van der Waals surface area contributed by atoms with Crippen LogP contribution in [0.3, 0.4) is 0 Å². The number of carbonyl (C=O) groups excluding carboxylic acids is 1. The summed E-state index contributed by atoms with van der Waals surface area (Å²) in [5.41, 5.74) is 5.20. The molecule has 0 fully saturated rings. The normalized spacial score (nSPS) is 13.6. The summed E-state index contributed by atoms with van der Waals surface area (Å²) in [6.07, 6.45) is 2.43. The third-order valence-electron chi connectivity index (χ3n) is 2.92. The van der Waals surface area contributed by atoms with Gasteiger partial charge in [0.2, 0.25) is 15.9 Å². The van der Waals surface area contributed by atoms with Crippen LogP contribution in [0.15, 0.2) is 0 Å². The van der Waals surface area contributed by atoms with Gasteiger partial charge in [-0.1, -0.05) is 13.8 Å². The third kappa shape index (κ3) is 6.53. The first-order valence-corrected chi connectivity index (χ1v) is 7.58. The van der Waals surface area contributed by atoms with Gasteiger partial charge in [0.05, 0.1) is 17.8 Å². The second-order valence-electron chi connectivity index (χ2n) is 4.29. The van der Waals surface area contributed by atoms with Crippen molar-refractivity contribution in [3.05, 3.63) is 0 Å². The number of hydrogen-bond acceptors (Lipinski definition) is 4. The van der Waals surface area contributed by atoms with E-state index in [1.54, 1.807) is 0 Å². The highest BCUT2D eigenvalue weighted by molar-refractivity contribution is 7.88. The predicted molar refractivity (Wildman–Crippen MR) is 75.2 cm³/mol. The first kappa shape index (κ1) is 20.0. The van der Waals surface area contributed by atoms with Gasteiger partial charge in [0.1, 0.15) is 0 Å². The maximum atomic E-state index is 11.8. The van der Waals surface area contributed by atoms with Crippen molar-refractivity contribution in [1.82, 2.24) is 10.0 Å². The highest BCUT2D eigenvalue weighted by atomic mass is 35.5. The lowest BCUT2D eigenvalue weighted by molar-refractivity contribution is -0.124. The lowest BCUT2D eigenvalue weighted by Crippen LogP contribution is -2.57. The number of nitrogens with two attached hydrogens (primary N) is 1. The Labute approximate surface area is 116 Å². The maximum Gasteiger partial charge on any atom is 0.238 e. The molecule has 0 radical (unpaired) electrons. The summed E-state index contributed by atoms with van der Waals surface area (Å²) in [4.78, 5) is 11.8. The van der Waals surface area contributed by atoms with Crippen molar-refractivity contribution in [2.75, 3.05) is 12.8 Å². The van der Waals surface area contributed by atoms with Gasteiger partial charge < -0.3 is 11.1 Å². The van der Waals surface area contributed by atoms with Crippen molar-refractivity contribution in [3.8, 4) is 0 Å². The van der Waals surface area contributed by atoms with Crippen molar-refractivity contribution < 1.29 is 13.2 Å². The molecule has 8 heteroatoms. The summed E-state index contributed by atoms with van der Waals surface area (Å²) in [6, 6.07) is -0.797. The van der Waals surface area contributed by atoms with Gasteiger partial charge in [-0.3, -0.25) is 4.79 Å². The minimum atomic E-state index is -3.39. The molecule has 0 saturated carbocycles. The molecule has 4 N–H and O–H groups in total. The molecule has 0 bridgehead atoms. The van der Waals surface area contributed by atoms with Crippen LogP contribution in [0.4, 0.5) is 0 Å². The van der Waals surface area contributed by atoms with Gasteiger partial charge in [-0.25, -0.2) is 13.1 Å². The summed E-state index contributed by atoms with van der Waals surface area (Å²) in [6.45, 7) is 5.71. The molecule has 0 spiro atoms. The molecule has 0 aromatic rings. The molecule has 0 aromatic heterocycles. The van der Waals surface area contributed by atoms with E-state index in [4.69, 9.17) is 5.73 Å².